The van der Waals surface area contributed by atoms with E-state index in [-0.39, 0.29) is 17.7 Å². The zero-order valence-electron chi connectivity index (χ0n) is 21.9. The molecule has 0 saturated heterocycles. The van der Waals surface area contributed by atoms with Crippen LogP contribution < -0.4 is 5.32 Å². The minimum atomic E-state index is -4.62. The normalized spacial score (nSPS) is 20.1. The first-order chi connectivity index (χ1) is 18.5. The summed E-state index contributed by atoms with van der Waals surface area (Å²) < 4.78 is 85.4. The van der Waals surface area contributed by atoms with E-state index >= 15 is 8.78 Å². The van der Waals surface area contributed by atoms with Crippen LogP contribution in [0.1, 0.15) is 43.4 Å². The number of aromatic amines is 1. The summed E-state index contributed by atoms with van der Waals surface area (Å²) >= 11 is 4.68. The van der Waals surface area contributed by atoms with E-state index < -0.39 is 47.5 Å². The molecule has 4 rings (SSSR count). The molecule has 3 aromatic rings. The maximum absolute atomic E-state index is 15.8. The van der Waals surface area contributed by atoms with Gasteiger partial charge in [-0.15, -0.1) is 12.6 Å². The van der Waals surface area contributed by atoms with Crippen LogP contribution in [0.4, 0.5) is 32.0 Å². The maximum Gasteiger partial charge on any atom is 0.401 e. The second-order valence-electron chi connectivity index (χ2n) is 10.0. The Morgan fingerprint density at radius 3 is 2.54 bits per heavy atom. The lowest BCUT2D eigenvalue weighted by molar-refractivity contribution is -0.158. The quantitative estimate of drug-likeness (QED) is 0.187. The molecule has 0 saturated carbocycles. The van der Waals surface area contributed by atoms with E-state index in [1.807, 2.05) is 6.92 Å². The van der Waals surface area contributed by atoms with Crippen LogP contribution in [0.25, 0.3) is 10.9 Å². The van der Waals surface area contributed by atoms with Crippen LogP contribution >= 0.6 is 12.6 Å². The molecule has 1 aromatic heterocycles. The molecular formula is C27H33F6N5S. The standard InChI is InChI=1S/C27H33F6N5S/c1-3-9-37(10-4-7-28)11-8-34-18-13-22(29)25(23(30)14-18)27(39)21-5-6-24-20(15-35-36-24)19(21)12-17(2)38(27)16-26(31,32)33/h5-6,13-15,17,34,39H,3-4,7-12,16H2,1-2H3,(H,35,36)/t17-,27+/m1/s1. The average Bonchev–Trinajstić information content (AvgIpc) is 3.34. The molecule has 0 radical (unpaired) electrons. The van der Waals surface area contributed by atoms with Gasteiger partial charge in [-0.1, -0.05) is 13.0 Å². The smallest absolute Gasteiger partial charge is 0.384 e. The van der Waals surface area contributed by atoms with E-state index in [0.29, 0.717) is 42.5 Å². The summed E-state index contributed by atoms with van der Waals surface area (Å²) in [6.07, 6.45) is -1.55. The molecule has 214 valence electrons. The predicted octanol–water partition coefficient (Wildman–Crippen LogP) is 6.26. The molecule has 1 aliphatic heterocycles. The molecule has 0 unspecified atom stereocenters. The Morgan fingerprint density at radius 1 is 1.18 bits per heavy atom. The molecule has 12 heteroatoms. The Bertz CT molecular complexity index is 1260. The van der Waals surface area contributed by atoms with Crippen molar-refractivity contribution in [3.63, 3.8) is 0 Å². The molecule has 39 heavy (non-hydrogen) atoms. The first-order valence-electron chi connectivity index (χ1n) is 13.0. The maximum atomic E-state index is 15.8. The Hall–Kier alpha value is -2.44. The second kappa shape index (κ2) is 12.0. The van der Waals surface area contributed by atoms with Crippen molar-refractivity contribution in [2.75, 3.05) is 44.7 Å². The number of alkyl halides is 4. The molecule has 2 atom stereocenters. The van der Waals surface area contributed by atoms with Crippen LogP contribution in [-0.2, 0) is 11.3 Å². The van der Waals surface area contributed by atoms with Crippen molar-refractivity contribution in [2.45, 2.75) is 50.2 Å². The Balaban J connectivity index is 1.71. The summed E-state index contributed by atoms with van der Waals surface area (Å²) in [7, 11) is 0. The highest BCUT2D eigenvalue weighted by Gasteiger charge is 2.51. The Morgan fingerprint density at radius 2 is 1.90 bits per heavy atom. The summed E-state index contributed by atoms with van der Waals surface area (Å²) in [6.45, 7) is 4.03. The van der Waals surface area contributed by atoms with Gasteiger partial charge >= 0.3 is 6.18 Å². The molecule has 0 amide bonds. The molecule has 2 N–H and O–H groups in total. The van der Waals surface area contributed by atoms with Crippen LogP contribution in [-0.4, -0.2) is 71.6 Å². The van der Waals surface area contributed by atoms with Crippen molar-refractivity contribution in [2.24, 2.45) is 0 Å². The molecular weight excluding hydrogens is 540 g/mol. The third kappa shape index (κ3) is 6.17. The Labute approximate surface area is 229 Å². The molecule has 0 fully saturated rings. The first-order valence-corrected chi connectivity index (χ1v) is 13.5. The van der Waals surface area contributed by atoms with Gasteiger partial charge in [0.05, 0.1) is 30.5 Å². The van der Waals surface area contributed by atoms with Gasteiger partial charge in [0.2, 0.25) is 0 Å². The molecule has 5 nitrogen and oxygen atoms in total. The highest BCUT2D eigenvalue weighted by molar-refractivity contribution is 7.81. The van der Waals surface area contributed by atoms with Crippen LogP contribution in [0.15, 0.2) is 30.5 Å². The van der Waals surface area contributed by atoms with Crippen LogP contribution in [0, 0.1) is 11.6 Å². The van der Waals surface area contributed by atoms with Gasteiger partial charge < -0.3 is 10.2 Å². The van der Waals surface area contributed by atoms with Gasteiger partial charge in [-0.3, -0.25) is 14.4 Å². The summed E-state index contributed by atoms with van der Waals surface area (Å²) in [5, 5.41) is 10.5. The average molecular weight is 574 g/mol. The van der Waals surface area contributed by atoms with Crippen molar-refractivity contribution in [3.8, 4) is 0 Å². The number of H-pyrrole nitrogens is 1. The van der Waals surface area contributed by atoms with Crippen LogP contribution in [0.3, 0.4) is 0 Å². The predicted molar refractivity (Wildman–Crippen MR) is 144 cm³/mol. The van der Waals surface area contributed by atoms with Crippen molar-refractivity contribution in [1.82, 2.24) is 20.0 Å². The minimum absolute atomic E-state index is 0.157. The van der Waals surface area contributed by atoms with Gasteiger partial charge in [0.1, 0.15) is 16.5 Å². The lowest BCUT2D eigenvalue weighted by Crippen LogP contribution is -2.56. The number of nitrogens with one attached hydrogen (secondary N) is 2. The number of fused-ring (bicyclic) bond motifs is 3. The van der Waals surface area contributed by atoms with E-state index in [1.165, 1.54) is 0 Å². The highest BCUT2D eigenvalue weighted by atomic mass is 32.1. The zero-order chi connectivity index (χ0) is 28.4. The summed E-state index contributed by atoms with van der Waals surface area (Å²) in [6, 6.07) is 4.63. The number of hydrogen-bond acceptors (Lipinski definition) is 5. The molecule has 2 aromatic carbocycles. The van der Waals surface area contributed by atoms with Gasteiger partial charge in [-0.25, -0.2) is 8.78 Å². The lowest BCUT2D eigenvalue weighted by atomic mass is 9.82. The van der Waals surface area contributed by atoms with Gasteiger partial charge in [0, 0.05) is 36.7 Å². The van der Waals surface area contributed by atoms with E-state index in [2.05, 4.69) is 33.0 Å². The van der Waals surface area contributed by atoms with Crippen molar-refractivity contribution in [1.29, 1.82) is 0 Å². The van der Waals surface area contributed by atoms with Gasteiger partial charge in [-0.2, -0.15) is 18.3 Å². The van der Waals surface area contributed by atoms with E-state index in [9.17, 15) is 17.6 Å². The summed E-state index contributed by atoms with van der Waals surface area (Å²) in [5.41, 5.74) is 1.19. The van der Waals surface area contributed by atoms with E-state index in [0.717, 1.165) is 30.0 Å². The number of nitrogens with zero attached hydrogens (tertiary/aromatic N) is 3. The fourth-order valence-corrected chi connectivity index (χ4v) is 6.24. The number of thiol groups is 1. The zero-order valence-corrected chi connectivity index (χ0v) is 22.8. The van der Waals surface area contributed by atoms with Crippen molar-refractivity contribution < 1.29 is 26.3 Å². The number of anilines is 1. The molecule has 0 aliphatic carbocycles. The van der Waals surface area contributed by atoms with Crippen molar-refractivity contribution >= 4 is 29.2 Å². The monoisotopic (exact) mass is 573 g/mol. The number of benzene rings is 2. The Kier molecular flexibility index (Phi) is 9.07. The third-order valence-electron chi connectivity index (χ3n) is 7.20. The van der Waals surface area contributed by atoms with Crippen molar-refractivity contribution in [3.05, 3.63) is 58.8 Å². The summed E-state index contributed by atoms with van der Waals surface area (Å²) in [5.74, 6) is -2.01. The van der Waals surface area contributed by atoms with Gasteiger partial charge in [0.25, 0.3) is 0 Å². The van der Waals surface area contributed by atoms with Gasteiger partial charge in [0.15, 0.2) is 0 Å². The SMILES string of the molecule is CCCN(CCCF)CCNc1cc(F)c([C@@]2(S)c3ccc4[nH]ncc4c3C[C@@H](C)N2CC(F)(F)F)c(F)c1. The fourth-order valence-electron chi connectivity index (χ4n) is 5.55. The molecule has 1 aliphatic rings. The van der Waals surface area contributed by atoms with Gasteiger partial charge in [-0.05, 0) is 62.1 Å². The number of hydrogen-bond donors (Lipinski definition) is 3. The minimum Gasteiger partial charge on any atom is -0.384 e. The third-order valence-corrected chi connectivity index (χ3v) is 7.93. The van der Waals surface area contributed by atoms with E-state index in [1.54, 1.807) is 25.3 Å². The number of aromatic nitrogens is 2. The fraction of sp³-hybridized carbons (Fsp3) is 0.519. The first kappa shape index (κ1) is 29.5. The van der Waals surface area contributed by atoms with E-state index in [4.69, 9.17) is 0 Å². The van der Waals surface area contributed by atoms with Crippen LogP contribution in [0.2, 0.25) is 0 Å². The highest BCUT2D eigenvalue weighted by Crippen LogP contribution is 2.50. The molecule has 0 spiro atoms. The largest absolute Gasteiger partial charge is 0.401 e. The second-order valence-corrected chi connectivity index (χ2v) is 10.7. The topological polar surface area (TPSA) is 47.2 Å². The molecule has 0 bridgehead atoms. The summed E-state index contributed by atoms with van der Waals surface area (Å²) in [4.78, 5) is 1.03. The number of halogens is 6. The van der Waals surface area contributed by atoms with Crippen LogP contribution in [0.5, 0.6) is 0 Å². The lowest BCUT2D eigenvalue weighted by Gasteiger charge is -2.49. The number of rotatable bonds is 11. The molecule has 2 heterocycles.